The van der Waals surface area contributed by atoms with Crippen LogP contribution in [0.2, 0.25) is 0 Å². The van der Waals surface area contributed by atoms with Gasteiger partial charge in [0, 0.05) is 24.8 Å². The molecule has 1 aliphatic heterocycles. The van der Waals surface area contributed by atoms with Crippen molar-refractivity contribution >= 4 is 5.69 Å². The Balaban J connectivity index is 2.14. The number of nitrogen functional groups attached to an aromatic ring is 1. The SMILES string of the molecule is Nc1cccc(C2CNCC(N)C2)c1. The van der Waals surface area contributed by atoms with E-state index in [1.54, 1.807) is 0 Å². The van der Waals surface area contributed by atoms with E-state index in [1.165, 1.54) is 5.56 Å². The summed E-state index contributed by atoms with van der Waals surface area (Å²) in [6.07, 6.45) is 1.05. The Morgan fingerprint density at radius 2 is 2.14 bits per heavy atom. The fraction of sp³-hybridized carbons (Fsp3) is 0.455. The van der Waals surface area contributed by atoms with Crippen molar-refractivity contribution in [1.82, 2.24) is 5.32 Å². The molecule has 1 fully saturated rings. The maximum absolute atomic E-state index is 5.91. The largest absolute Gasteiger partial charge is 0.399 e. The van der Waals surface area contributed by atoms with Crippen LogP contribution in [0.5, 0.6) is 0 Å². The van der Waals surface area contributed by atoms with Crippen LogP contribution in [0.15, 0.2) is 24.3 Å². The summed E-state index contributed by atoms with van der Waals surface area (Å²) in [5.74, 6) is 0.516. The first-order valence-corrected chi connectivity index (χ1v) is 5.07. The maximum atomic E-state index is 5.91. The van der Waals surface area contributed by atoms with Crippen LogP contribution in [0.3, 0.4) is 0 Å². The molecule has 14 heavy (non-hydrogen) atoms. The van der Waals surface area contributed by atoms with E-state index in [0.717, 1.165) is 25.2 Å². The lowest BCUT2D eigenvalue weighted by Crippen LogP contribution is -2.43. The highest BCUT2D eigenvalue weighted by molar-refractivity contribution is 5.42. The first-order valence-electron chi connectivity index (χ1n) is 5.07. The van der Waals surface area contributed by atoms with Crippen molar-refractivity contribution in [3.8, 4) is 0 Å². The zero-order valence-electron chi connectivity index (χ0n) is 8.24. The zero-order chi connectivity index (χ0) is 9.97. The highest BCUT2D eigenvalue weighted by Crippen LogP contribution is 2.23. The molecule has 2 unspecified atom stereocenters. The summed E-state index contributed by atoms with van der Waals surface area (Å²) >= 11 is 0. The van der Waals surface area contributed by atoms with E-state index >= 15 is 0 Å². The molecule has 0 amide bonds. The van der Waals surface area contributed by atoms with Crippen molar-refractivity contribution in [2.75, 3.05) is 18.8 Å². The normalized spacial score (nSPS) is 27.5. The summed E-state index contributed by atoms with van der Waals surface area (Å²) in [5, 5.41) is 3.34. The van der Waals surface area contributed by atoms with Crippen molar-refractivity contribution in [2.45, 2.75) is 18.4 Å². The molecule has 0 bridgehead atoms. The minimum absolute atomic E-state index is 0.273. The van der Waals surface area contributed by atoms with Gasteiger partial charge < -0.3 is 16.8 Å². The van der Waals surface area contributed by atoms with Gasteiger partial charge in [0.2, 0.25) is 0 Å². The average Bonchev–Trinajstić information content (AvgIpc) is 2.18. The van der Waals surface area contributed by atoms with Gasteiger partial charge in [0.25, 0.3) is 0 Å². The first-order chi connectivity index (χ1) is 6.75. The number of hydrogen-bond acceptors (Lipinski definition) is 3. The summed E-state index contributed by atoms with van der Waals surface area (Å²) in [6, 6.07) is 8.37. The van der Waals surface area contributed by atoms with Gasteiger partial charge in [-0.15, -0.1) is 0 Å². The van der Waals surface area contributed by atoms with Gasteiger partial charge in [-0.2, -0.15) is 0 Å². The average molecular weight is 191 g/mol. The third-order valence-electron chi connectivity index (χ3n) is 2.77. The van der Waals surface area contributed by atoms with Crippen molar-refractivity contribution in [3.05, 3.63) is 29.8 Å². The van der Waals surface area contributed by atoms with Crippen LogP contribution in [-0.2, 0) is 0 Å². The van der Waals surface area contributed by atoms with E-state index in [4.69, 9.17) is 11.5 Å². The molecule has 0 spiro atoms. The first kappa shape index (κ1) is 9.49. The number of nitrogens with two attached hydrogens (primary N) is 2. The molecule has 0 saturated carbocycles. The van der Waals surface area contributed by atoms with Crippen LogP contribution in [0.25, 0.3) is 0 Å². The number of hydrogen-bond donors (Lipinski definition) is 3. The Kier molecular flexibility index (Phi) is 2.70. The smallest absolute Gasteiger partial charge is 0.0316 e. The predicted molar refractivity (Wildman–Crippen MR) is 59.1 cm³/mol. The third kappa shape index (κ3) is 2.05. The fourth-order valence-electron chi connectivity index (χ4n) is 2.04. The summed E-state index contributed by atoms with van der Waals surface area (Å²) in [5.41, 5.74) is 13.8. The number of rotatable bonds is 1. The molecule has 1 saturated heterocycles. The highest BCUT2D eigenvalue weighted by Gasteiger charge is 2.19. The van der Waals surface area contributed by atoms with Gasteiger partial charge in [-0.1, -0.05) is 12.1 Å². The van der Waals surface area contributed by atoms with E-state index in [9.17, 15) is 0 Å². The quantitative estimate of drug-likeness (QED) is 0.572. The molecule has 76 valence electrons. The van der Waals surface area contributed by atoms with Gasteiger partial charge in [-0.3, -0.25) is 0 Å². The van der Waals surface area contributed by atoms with Crippen LogP contribution in [0.1, 0.15) is 17.9 Å². The van der Waals surface area contributed by atoms with E-state index in [-0.39, 0.29) is 6.04 Å². The van der Waals surface area contributed by atoms with Gasteiger partial charge in [0.05, 0.1) is 0 Å². The molecule has 1 aromatic rings. The molecule has 0 radical (unpaired) electrons. The standard InChI is InChI=1S/C11H17N3/c12-10-3-1-2-8(4-10)9-5-11(13)7-14-6-9/h1-4,9,11,14H,5-7,12-13H2. The highest BCUT2D eigenvalue weighted by atomic mass is 14.9. The Morgan fingerprint density at radius 1 is 1.29 bits per heavy atom. The van der Waals surface area contributed by atoms with Crippen LogP contribution >= 0.6 is 0 Å². The molecule has 3 heteroatoms. The summed E-state index contributed by atoms with van der Waals surface area (Å²) in [6.45, 7) is 1.94. The van der Waals surface area contributed by atoms with Gasteiger partial charge in [0.15, 0.2) is 0 Å². The molecular formula is C11H17N3. The molecule has 1 aromatic carbocycles. The van der Waals surface area contributed by atoms with Gasteiger partial charge >= 0.3 is 0 Å². The molecular weight excluding hydrogens is 174 g/mol. The number of benzene rings is 1. The molecule has 1 aliphatic rings. The predicted octanol–water partition coefficient (Wildman–Crippen LogP) is 0.673. The lowest BCUT2D eigenvalue weighted by Gasteiger charge is -2.28. The number of nitrogens with one attached hydrogen (secondary N) is 1. The molecule has 0 aromatic heterocycles. The second-order valence-corrected chi connectivity index (χ2v) is 4.02. The second kappa shape index (κ2) is 3.98. The fourth-order valence-corrected chi connectivity index (χ4v) is 2.04. The van der Waals surface area contributed by atoms with Crippen molar-refractivity contribution in [3.63, 3.8) is 0 Å². The topological polar surface area (TPSA) is 64.1 Å². The lowest BCUT2D eigenvalue weighted by molar-refractivity contribution is 0.412. The van der Waals surface area contributed by atoms with Crippen molar-refractivity contribution in [1.29, 1.82) is 0 Å². The Bertz CT molecular complexity index is 311. The van der Waals surface area contributed by atoms with Crippen LogP contribution in [0, 0.1) is 0 Å². The lowest BCUT2D eigenvalue weighted by atomic mass is 9.89. The van der Waals surface area contributed by atoms with Gasteiger partial charge in [0.1, 0.15) is 0 Å². The molecule has 3 nitrogen and oxygen atoms in total. The van der Waals surface area contributed by atoms with E-state index < -0.39 is 0 Å². The summed E-state index contributed by atoms with van der Waals surface area (Å²) in [4.78, 5) is 0. The van der Waals surface area contributed by atoms with E-state index in [0.29, 0.717) is 5.92 Å². The molecule has 5 N–H and O–H groups in total. The third-order valence-corrected chi connectivity index (χ3v) is 2.77. The van der Waals surface area contributed by atoms with Gasteiger partial charge in [-0.25, -0.2) is 0 Å². The maximum Gasteiger partial charge on any atom is 0.0316 e. The zero-order valence-corrected chi connectivity index (χ0v) is 8.24. The molecule has 1 heterocycles. The number of anilines is 1. The summed E-state index contributed by atoms with van der Waals surface area (Å²) < 4.78 is 0. The van der Waals surface area contributed by atoms with Crippen LogP contribution in [-0.4, -0.2) is 19.1 Å². The Labute approximate surface area is 84.5 Å². The minimum Gasteiger partial charge on any atom is -0.399 e. The van der Waals surface area contributed by atoms with Crippen molar-refractivity contribution < 1.29 is 0 Å². The van der Waals surface area contributed by atoms with Crippen LogP contribution < -0.4 is 16.8 Å². The van der Waals surface area contributed by atoms with Gasteiger partial charge in [-0.05, 0) is 30.0 Å². The molecule has 2 atom stereocenters. The van der Waals surface area contributed by atoms with Crippen LogP contribution in [0.4, 0.5) is 5.69 Å². The summed E-state index contributed by atoms with van der Waals surface area (Å²) in [7, 11) is 0. The minimum atomic E-state index is 0.273. The van der Waals surface area contributed by atoms with E-state index in [1.807, 2.05) is 18.2 Å². The van der Waals surface area contributed by atoms with Crippen molar-refractivity contribution in [2.24, 2.45) is 5.73 Å². The Hall–Kier alpha value is -1.06. The Morgan fingerprint density at radius 3 is 2.86 bits per heavy atom. The number of piperidine rings is 1. The van der Waals surface area contributed by atoms with E-state index in [2.05, 4.69) is 11.4 Å². The second-order valence-electron chi connectivity index (χ2n) is 4.02. The molecule has 2 rings (SSSR count). The molecule has 0 aliphatic carbocycles. The monoisotopic (exact) mass is 191 g/mol.